The quantitative estimate of drug-likeness (QED) is 0.670. The second-order valence-electron chi connectivity index (χ2n) is 8.76. The zero-order valence-electron chi connectivity index (χ0n) is 17.8. The Kier molecular flexibility index (Phi) is 7.33. The van der Waals surface area contributed by atoms with E-state index in [4.69, 9.17) is 4.74 Å². The van der Waals surface area contributed by atoms with Gasteiger partial charge in [0.1, 0.15) is 5.82 Å². The number of aliphatic hydroxyl groups is 1. The number of aliphatic hydroxyl groups excluding tert-OH is 1. The van der Waals surface area contributed by atoms with Crippen molar-refractivity contribution in [3.05, 3.63) is 71.5 Å². The first kappa shape index (κ1) is 21.9. The lowest BCUT2D eigenvalue weighted by Crippen LogP contribution is -2.50. The van der Waals surface area contributed by atoms with E-state index in [1.54, 1.807) is 12.1 Å². The van der Waals surface area contributed by atoms with Crippen LogP contribution in [-0.4, -0.2) is 72.4 Å². The van der Waals surface area contributed by atoms with Crippen molar-refractivity contribution < 1.29 is 19.0 Å². The van der Waals surface area contributed by atoms with Gasteiger partial charge >= 0.3 is 0 Å². The van der Waals surface area contributed by atoms with Crippen LogP contribution >= 0.6 is 0 Å². The zero-order chi connectivity index (χ0) is 21.6. The minimum atomic E-state index is -0.440. The van der Waals surface area contributed by atoms with Crippen molar-refractivity contribution in [1.29, 1.82) is 0 Å². The smallest absolute Gasteiger partial charge is 0.253 e. The molecule has 2 fully saturated rings. The molecular weight excluding hydrogens is 395 g/mol. The molecule has 2 aromatic rings. The van der Waals surface area contributed by atoms with E-state index in [-0.39, 0.29) is 17.8 Å². The molecular formula is C25H31FN2O3. The van der Waals surface area contributed by atoms with Crippen LogP contribution in [0.2, 0.25) is 0 Å². The monoisotopic (exact) mass is 426 g/mol. The maximum Gasteiger partial charge on any atom is 0.253 e. The molecule has 6 heteroatoms. The lowest BCUT2D eigenvalue weighted by molar-refractivity contribution is -0.0506. The number of morpholine rings is 1. The van der Waals surface area contributed by atoms with Gasteiger partial charge < -0.3 is 14.7 Å². The average molecular weight is 427 g/mol. The summed E-state index contributed by atoms with van der Waals surface area (Å²) in [6.07, 6.45) is 2.39. The van der Waals surface area contributed by atoms with E-state index in [0.29, 0.717) is 50.7 Å². The third-order valence-electron chi connectivity index (χ3n) is 5.98. The SMILES string of the molecule is O=C(c1ccc(F)cc1)N(CC1CC1)C[C@@H]1CN(C[C@@H](O)Cc2ccccc2)CCO1. The Morgan fingerprint density at radius 2 is 1.87 bits per heavy atom. The van der Waals surface area contributed by atoms with Crippen molar-refractivity contribution in [2.24, 2.45) is 5.92 Å². The van der Waals surface area contributed by atoms with Crippen LogP contribution in [0.5, 0.6) is 0 Å². The molecule has 1 aliphatic carbocycles. The minimum Gasteiger partial charge on any atom is -0.391 e. The molecule has 1 saturated carbocycles. The fourth-order valence-corrected chi connectivity index (χ4v) is 4.18. The summed E-state index contributed by atoms with van der Waals surface area (Å²) in [6.45, 7) is 3.86. The average Bonchev–Trinajstić information content (AvgIpc) is 3.58. The molecule has 5 nitrogen and oxygen atoms in total. The number of ether oxygens (including phenoxy) is 1. The summed E-state index contributed by atoms with van der Waals surface area (Å²) in [5, 5.41) is 10.5. The van der Waals surface area contributed by atoms with Gasteiger partial charge in [-0.25, -0.2) is 4.39 Å². The van der Waals surface area contributed by atoms with E-state index in [0.717, 1.165) is 24.9 Å². The van der Waals surface area contributed by atoms with Gasteiger partial charge in [0, 0.05) is 38.3 Å². The Balaban J connectivity index is 1.33. The first-order valence-corrected chi connectivity index (χ1v) is 11.2. The number of carbonyl (C=O) groups excluding carboxylic acids is 1. The van der Waals surface area contributed by atoms with Crippen LogP contribution in [0.1, 0.15) is 28.8 Å². The van der Waals surface area contributed by atoms with E-state index >= 15 is 0 Å². The molecule has 1 N–H and O–H groups in total. The van der Waals surface area contributed by atoms with Gasteiger partial charge in [-0.15, -0.1) is 0 Å². The van der Waals surface area contributed by atoms with Gasteiger partial charge in [-0.05, 0) is 55.0 Å². The normalized spacial score (nSPS) is 20.4. The second kappa shape index (κ2) is 10.4. The molecule has 31 heavy (non-hydrogen) atoms. The van der Waals surface area contributed by atoms with Crippen molar-refractivity contribution in [3.8, 4) is 0 Å². The van der Waals surface area contributed by atoms with E-state index in [1.807, 2.05) is 35.2 Å². The van der Waals surface area contributed by atoms with E-state index < -0.39 is 6.10 Å². The highest BCUT2D eigenvalue weighted by Crippen LogP contribution is 2.30. The van der Waals surface area contributed by atoms with Crippen LogP contribution in [0.25, 0.3) is 0 Å². The van der Waals surface area contributed by atoms with Gasteiger partial charge in [-0.2, -0.15) is 0 Å². The van der Waals surface area contributed by atoms with Gasteiger partial charge in [-0.3, -0.25) is 9.69 Å². The number of rotatable bonds is 9. The zero-order valence-corrected chi connectivity index (χ0v) is 17.8. The summed E-state index contributed by atoms with van der Waals surface area (Å²) in [6, 6.07) is 15.8. The molecule has 4 rings (SSSR count). The van der Waals surface area contributed by atoms with Crippen LogP contribution < -0.4 is 0 Å². The number of amides is 1. The van der Waals surface area contributed by atoms with Gasteiger partial charge in [0.25, 0.3) is 5.91 Å². The number of hydrogen-bond donors (Lipinski definition) is 1. The standard InChI is InChI=1S/C25H31FN2O3/c26-22-10-8-21(9-11-22)25(30)28(15-20-6-7-20)18-24-17-27(12-13-31-24)16-23(29)14-19-4-2-1-3-5-19/h1-5,8-11,20,23-24,29H,6-7,12-18H2/t23-,24-/m0/s1. The maximum absolute atomic E-state index is 13.3. The number of benzene rings is 2. The third kappa shape index (κ3) is 6.60. The van der Waals surface area contributed by atoms with Crippen molar-refractivity contribution >= 4 is 5.91 Å². The van der Waals surface area contributed by atoms with Crippen molar-refractivity contribution in [2.75, 3.05) is 39.3 Å². The van der Waals surface area contributed by atoms with Crippen molar-refractivity contribution in [1.82, 2.24) is 9.80 Å². The van der Waals surface area contributed by atoms with Gasteiger partial charge in [0.2, 0.25) is 0 Å². The Morgan fingerprint density at radius 1 is 1.13 bits per heavy atom. The van der Waals surface area contributed by atoms with Crippen LogP contribution in [-0.2, 0) is 11.2 Å². The lowest BCUT2D eigenvalue weighted by atomic mass is 10.1. The molecule has 0 spiro atoms. The van der Waals surface area contributed by atoms with Crippen molar-refractivity contribution in [2.45, 2.75) is 31.5 Å². The second-order valence-corrected chi connectivity index (χ2v) is 8.76. The third-order valence-corrected chi connectivity index (χ3v) is 5.98. The highest BCUT2D eigenvalue weighted by molar-refractivity contribution is 5.94. The number of halogens is 1. The number of carbonyl (C=O) groups is 1. The summed E-state index contributed by atoms with van der Waals surface area (Å²) < 4.78 is 19.2. The van der Waals surface area contributed by atoms with Gasteiger partial charge in [0.05, 0.1) is 18.8 Å². The van der Waals surface area contributed by atoms with Crippen molar-refractivity contribution in [3.63, 3.8) is 0 Å². The molecule has 2 atom stereocenters. The van der Waals surface area contributed by atoms with Gasteiger partial charge in [0.15, 0.2) is 0 Å². The Bertz CT molecular complexity index is 842. The summed E-state index contributed by atoms with van der Waals surface area (Å²) in [7, 11) is 0. The summed E-state index contributed by atoms with van der Waals surface area (Å²) in [4.78, 5) is 17.1. The predicted molar refractivity (Wildman–Crippen MR) is 117 cm³/mol. The highest BCUT2D eigenvalue weighted by atomic mass is 19.1. The van der Waals surface area contributed by atoms with E-state index in [2.05, 4.69) is 4.90 Å². The molecule has 0 unspecified atom stereocenters. The van der Waals surface area contributed by atoms with Crippen LogP contribution in [0.4, 0.5) is 4.39 Å². The Morgan fingerprint density at radius 3 is 2.58 bits per heavy atom. The molecule has 1 saturated heterocycles. The molecule has 2 aromatic carbocycles. The Hall–Kier alpha value is -2.28. The van der Waals surface area contributed by atoms with E-state index in [1.165, 1.54) is 12.1 Å². The van der Waals surface area contributed by atoms with E-state index in [9.17, 15) is 14.3 Å². The van der Waals surface area contributed by atoms with Crippen LogP contribution in [0.15, 0.2) is 54.6 Å². The fraction of sp³-hybridized carbons (Fsp3) is 0.480. The highest BCUT2D eigenvalue weighted by Gasteiger charge is 2.31. The van der Waals surface area contributed by atoms with Crippen LogP contribution in [0, 0.1) is 11.7 Å². The summed E-state index contributed by atoms with van der Waals surface area (Å²) >= 11 is 0. The largest absolute Gasteiger partial charge is 0.391 e. The first-order chi connectivity index (χ1) is 15.1. The maximum atomic E-state index is 13.3. The first-order valence-electron chi connectivity index (χ1n) is 11.2. The summed E-state index contributed by atoms with van der Waals surface area (Å²) in [5.41, 5.74) is 1.63. The van der Waals surface area contributed by atoms with Crippen LogP contribution in [0.3, 0.4) is 0 Å². The molecule has 1 aliphatic heterocycles. The fourth-order valence-electron chi connectivity index (χ4n) is 4.18. The molecule has 0 radical (unpaired) electrons. The molecule has 2 aliphatic rings. The number of nitrogens with zero attached hydrogens (tertiary/aromatic N) is 2. The topological polar surface area (TPSA) is 53.0 Å². The minimum absolute atomic E-state index is 0.0725. The molecule has 1 amide bonds. The predicted octanol–water partition coefficient (Wildman–Crippen LogP) is 2.98. The molecule has 1 heterocycles. The molecule has 0 bridgehead atoms. The molecule has 166 valence electrons. The number of hydrogen-bond acceptors (Lipinski definition) is 4. The number of β-amino-alcohol motifs (C(OH)–C–C–N with tert-alkyl or cyclic N) is 1. The lowest BCUT2D eigenvalue weighted by Gasteiger charge is -2.36. The van der Waals surface area contributed by atoms with Gasteiger partial charge in [-0.1, -0.05) is 30.3 Å². The summed E-state index contributed by atoms with van der Waals surface area (Å²) in [5.74, 6) is 0.138. The molecule has 0 aromatic heterocycles. The Labute approximate surface area is 183 Å².